The molecule has 20 heavy (non-hydrogen) atoms. The fraction of sp³-hybridized carbons (Fsp3) is 0.538. The molecule has 0 aromatic heterocycles. The van der Waals surface area contributed by atoms with Crippen molar-refractivity contribution in [1.29, 1.82) is 0 Å². The number of rotatable bonds is 4. The van der Waals surface area contributed by atoms with Crippen molar-refractivity contribution in [2.75, 3.05) is 11.9 Å². The second-order valence-corrected chi connectivity index (χ2v) is 5.32. The van der Waals surface area contributed by atoms with Crippen molar-refractivity contribution < 1.29 is 13.7 Å². The topological polar surface area (TPSA) is 81.2 Å². The Morgan fingerprint density at radius 3 is 2.30 bits per heavy atom. The zero-order valence-electron chi connectivity index (χ0n) is 11.0. The Labute approximate surface area is 115 Å². The summed E-state index contributed by atoms with van der Waals surface area (Å²) in [6, 6.07) is 1.41. The quantitative estimate of drug-likeness (QED) is 0.658. The number of halogens is 2. The summed E-state index contributed by atoms with van der Waals surface area (Å²) >= 11 is 0. The lowest BCUT2D eigenvalue weighted by atomic mass is 9.82. The number of nitrogens with one attached hydrogen (secondary N) is 1. The maximum absolute atomic E-state index is 13.7. The van der Waals surface area contributed by atoms with E-state index in [1.54, 1.807) is 0 Å². The molecule has 0 unspecified atom stereocenters. The van der Waals surface area contributed by atoms with Crippen LogP contribution in [-0.2, 0) is 0 Å². The van der Waals surface area contributed by atoms with Gasteiger partial charge in [-0.15, -0.1) is 0 Å². The summed E-state index contributed by atoms with van der Waals surface area (Å²) in [6.07, 6.45) is 4.73. The van der Waals surface area contributed by atoms with Gasteiger partial charge in [-0.2, -0.15) is 0 Å². The van der Waals surface area contributed by atoms with Crippen molar-refractivity contribution in [3.8, 4) is 0 Å². The first kappa shape index (κ1) is 14.6. The Balaban J connectivity index is 2.11. The monoisotopic (exact) mass is 285 g/mol. The van der Waals surface area contributed by atoms with Crippen LogP contribution in [0, 0.1) is 21.7 Å². The van der Waals surface area contributed by atoms with Gasteiger partial charge in [0, 0.05) is 12.1 Å². The second kappa shape index (κ2) is 5.70. The molecule has 0 spiro atoms. The maximum atomic E-state index is 13.7. The molecule has 0 radical (unpaired) electrons. The lowest BCUT2D eigenvalue weighted by Gasteiger charge is -2.33. The number of nitro groups is 1. The van der Waals surface area contributed by atoms with Crippen LogP contribution in [0.5, 0.6) is 0 Å². The highest BCUT2D eigenvalue weighted by Crippen LogP contribution is 2.29. The van der Waals surface area contributed by atoms with Crippen LogP contribution in [0.3, 0.4) is 0 Å². The van der Waals surface area contributed by atoms with E-state index in [9.17, 15) is 18.9 Å². The van der Waals surface area contributed by atoms with E-state index in [1.165, 1.54) is 0 Å². The molecule has 1 aliphatic rings. The third-order valence-corrected chi connectivity index (χ3v) is 3.70. The highest BCUT2D eigenvalue weighted by atomic mass is 19.1. The highest BCUT2D eigenvalue weighted by molar-refractivity contribution is 5.51. The molecule has 7 heteroatoms. The molecule has 3 N–H and O–H groups in total. The Bertz CT molecular complexity index is 493. The van der Waals surface area contributed by atoms with Crippen LogP contribution in [-0.4, -0.2) is 17.0 Å². The first-order chi connectivity index (χ1) is 9.41. The Morgan fingerprint density at radius 2 is 1.80 bits per heavy atom. The van der Waals surface area contributed by atoms with E-state index >= 15 is 0 Å². The lowest BCUT2D eigenvalue weighted by Crippen LogP contribution is -2.47. The van der Waals surface area contributed by atoms with E-state index in [2.05, 4.69) is 5.32 Å². The number of nitrogens with two attached hydrogens (primary N) is 1. The maximum Gasteiger partial charge on any atom is 0.275 e. The minimum Gasteiger partial charge on any atom is -0.378 e. The number of non-ortho nitro benzene ring substituents is 1. The number of nitro benzene ring substituents is 1. The van der Waals surface area contributed by atoms with E-state index < -0.39 is 27.8 Å². The Morgan fingerprint density at radius 1 is 1.25 bits per heavy atom. The van der Waals surface area contributed by atoms with Crippen molar-refractivity contribution in [2.24, 2.45) is 5.73 Å². The number of nitrogens with zero attached hydrogens (tertiary/aromatic N) is 1. The molecule has 0 atom stereocenters. The van der Waals surface area contributed by atoms with Gasteiger partial charge in [-0.25, -0.2) is 8.78 Å². The van der Waals surface area contributed by atoms with E-state index in [-0.39, 0.29) is 12.2 Å². The third kappa shape index (κ3) is 3.22. The molecular weight excluding hydrogens is 268 g/mol. The first-order valence-corrected chi connectivity index (χ1v) is 6.57. The number of anilines is 1. The molecule has 1 aromatic carbocycles. The molecule has 0 aliphatic heterocycles. The molecule has 1 saturated carbocycles. The van der Waals surface area contributed by atoms with E-state index in [1.807, 2.05) is 0 Å². The van der Waals surface area contributed by atoms with Crippen LogP contribution < -0.4 is 11.1 Å². The van der Waals surface area contributed by atoms with Gasteiger partial charge in [0.05, 0.1) is 17.1 Å². The van der Waals surface area contributed by atoms with Crippen molar-refractivity contribution in [1.82, 2.24) is 0 Å². The summed E-state index contributed by atoms with van der Waals surface area (Å²) in [4.78, 5) is 9.67. The number of benzene rings is 1. The minimum atomic E-state index is -0.976. The molecule has 1 aromatic rings. The summed E-state index contributed by atoms with van der Waals surface area (Å²) in [6.45, 7) is 0.249. The van der Waals surface area contributed by atoms with Crippen LogP contribution in [0.1, 0.15) is 32.1 Å². The predicted octanol–water partition coefficient (Wildman–Crippen LogP) is 2.95. The normalized spacial score (nSPS) is 17.8. The molecule has 0 heterocycles. The standard InChI is InChI=1S/C13H17F2N3O2/c14-10-6-9(18(19)20)7-11(15)12(10)17-8-13(16)4-2-1-3-5-13/h6-7,17H,1-5,8,16H2. The summed E-state index contributed by atoms with van der Waals surface area (Å²) in [7, 11) is 0. The third-order valence-electron chi connectivity index (χ3n) is 3.70. The summed E-state index contributed by atoms with van der Waals surface area (Å²) in [5, 5.41) is 13.2. The van der Waals surface area contributed by atoms with Crippen LogP contribution in [0.25, 0.3) is 0 Å². The molecule has 110 valence electrons. The molecule has 0 amide bonds. The summed E-state index contributed by atoms with van der Waals surface area (Å²) < 4.78 is 27.4. The molecular formula is C13H17F2N3O2. The fourth-order valence-electron chi connectivity index (χ4n) is 2.53. The highest BCUT2D eigenvalue weighted by Gasteiger charge is 2.28. The van der Waals surface area contributed by atoms with Gasteiger partial charge in [-0.1, -0.05) is 19.3 Å². The fourth-order valence-corrected chi connectivity index (χ4v) is 2.53. The summed E-state index contributed by atoms with van der Waals surface area (Å²) in [5.41, 5.74) is 4.73. The van der Waals surface area contributed by atoms with Gasteiger partial charge >= 0.3 is 0 Å². The number of hydrogen-bond acceptors (Lipinski definition) is 4. The van der Waals surface area contributed by atoms with Gasteiger partial charge in [-0.05, 0) is 12.8 Å². The summed E-state index contributed by atoms with van der Waals surface area (Å²) in [5.74, 6) is -1.95. The Kier molecular flexibility index (Phi) is 4.17. The van der Waals surface area contributed by atoms with Gasteiger partial charge in [-0.3, -0.25) is 10.1 Å². The van der Waals surface area contributed by atoms with Crippen molar-refractivity contribution in [3.63, 3.8) is 0 Å². The van der Waals surface area contributed by atoms with E-state index in [4.69, 9.17) is 5.73 Å². The number of hydrogen-bond donors (Lipinski definition) is 2. The largest absolute Gasteiger partial charge is 0.378 e. The molecule has 0 saturated heterocycles. The van der Waals surface area contributed by atoms with Gasteiger partial charge in [0.1, 0.15) is 5.69 Å². The van der Waals surface area contributed by atoms with Crippen LogP contribution in [0.15, 0.2) is 12.1 Å². The Hall–Kier alpha value is -1.76. The van der Waals surface area contributed by atoms with Crippen LogP contribution in [0.4, 0.5) is 20.2 Å². The zero-order chi connectivity index (χ0) is 14.8. The van der Waals surface area contributed by atoms with Gasteiger partial charge < -0.3 is 11.1 Å². The van der Waals surface area contributed by atoms with Gasteiger partial charge in [0.15, 0.2) is 11.6 Å². The first-order valence-electron chi connectivity index (χ1n) is 6.57. The second-order valence-electron chi connectivity index (χ2n) is 5.32. The van der Waals surface area contributed by atoms with Crippen LogP contribution >= 0.6 is 0 Å². The van der Waals surface area contributed by atoms with Gasteiger partial charge in [0.2, 0.25) is 0 Å². The molecule has 1 fully saturated rings. The van der Waals surface area contributed by atoms with Crippen molar-refractivity contribution in [2.45, 2.75) is 37.6 Å². The molecule has 1 aliphatic carbocycles. The SMILES string of the molecule is NC1(CNc2c(F)cc([N+](=O)[O-])cc2F)CCCCC1. The van der Waals surface area contributed by atoms with Gasteiger partial charge in [0.25, 0.3) is 5.69 Å². The zero-order valence-corrected chi connectivity index (χ0v) is 11.0. The van der Waals surface area contributed by atoms with Crippen molar-refractivity contribution in [3.05, 3.63) is 33.9 Å². The van der Waals surface area contributed by atoms with E-state index in [0.29, 0.717) is 12.1 Å². The minimum absolute atomic E-state index is 0.249. The molecule has 5 nitrogen and oxygen atoms in total. The predicted molar refractivity (Wildman–Crippen MR) is 71.5 cm³/mol. The smallest absolute Gasteiger partial charge is 0.275 e. The molecule has 0 bridgehead atoms. The lowest BCUT2D eigenvalue weighted by molar-refractivity contribution is -0.385. The average molecular weight is 285 g/mol. The van der Waals surface area contributed by atoms with E-state index in [0.717, 1.165) is 32.1 Å². The molecule has 2 rings (SSSR count). The van der Waals surface area contributed by atoms with Crippen molar-refractivity contribution >= 4 is 11.4 Å². The average Bonchev–Trinajstić information content (AvgIpc) is 2.38. The van der Waals surface area contributed by atoms with Crippen LogP contribution in [0.2, 0.25) is 0 Å².